The lowest BCUT2D eigenvalue weighted by Gasteiger charge is -2.06. The zero-order chi connectivity index (χ0) is 15.4. The molecule has 0 saturated carbocycles. The number of hydrogen-bond acceptors (Lipinski definition) is 5. The van der Waals surface area contributed by atoms with Crippen molar-refractivity contribution in [2.45, 2.75) is 6.54 Å². The molecular formula is C14H12FNO5. The normalized spacial score (nSPS) is 10.2. The quantitative estimate of drug-likeness (QED) is 0.823. The highest BCUT2D eigenvalue weighted by atomic mass is 19.1. The Kier molecular flexibility index (Phi) is 4.22. The SMILES string of the molecule is COC(=O)c1coc(CNc2ccc(F)c(C(=O)O)c2)c1. The summed E-state index contributed by atoms with van der Waals surface area (Å²) >= 11 is 0. The fourth-order valence-corrected chi connectivity index (χ4v) is 1.69. The van der Waals surface area contributed by atoms with Crippen LogP contribution in [0.5, 0.6) is 0 Å². The number of nitrogens with one attached hydrogen (secondary N) is 1. The summed E-state index contributed by atoms with van der Waals surface area (Å²) in [7, 11) is 1.26. The van der Waals surface area contributed by atoms with Gasteiger partial charge in [-0.2, -0.15) is 0 Å². The third-order valence-corrected chi connectivity index (χ3v) is 2.74. The van der Waals surface area contributed by atoms with Crippen molar-refractivity contribution in [3.05, 3.63) is 53.2 Å². The Morgan fingerprint density at radius 1 is 1.38 bits per heavy atom. The number of carboxylic acid groups (broad SMARTS) is 1. The highest BCUT2D eigenvalue weighted by Gasteiger charge is 2.12. The average Bonchev–Trinajstić information content (AvgIpc) is 2.94. The number of esters is 1. The predicted octanol–water partition coefficient (Wildman–Crippen LogP) is 2.52. The number of furan rings is 1. The molecule has 0 aliphatic carbocycles. The first-order valence-corrected chi connectivity index (χ1v) is 5.93. The zero-order valence-corrected chi connectivity index (χ0v) is 11.1. The van der Waals surface area contributed by atoms with Gasteiger partial charge in [-0.1, -0.05) is 0 Å². The van der Waals surface area contributed by atoms with E-state index in [1.807, 2.05) is 0 Å². The van der Waals surface area contributed by atoms with E-state index < -0.39 is 23.3 Å². The standard InChI is InChI=1S/C14H12FNO5/c1-20-14(19)8-4-10(21-7-8)6-16-9-2-3-12(15)11(5-9)13(17)18/h2-5,7,16H,6H2,1H3,(H,17,18). The van der Waals surface area contributed by atoms with Gasteiger partial charge in [0.1, 0.15) is 17.8 Å². The van der Waals surface area contributed by atoms with Crippen LogP contribution in [0.3, 0.4) is 0 Å². The summed E-state index contributed by atoms with van der Waals surface area (Å²) in [6.07, 6.45) is 1.26. The van der Waals surface area contributed by atoms with Crippen LogP contribution in [0.2, 0.25) is 0 Å². The fraction of sp³-hybridized carbons (Fsp3) is 0.143. The first kappa shape index (κ1) is 14.6. The number of carbonyl (C=O) groups is 2. The van der Waals surface area contributed by atoms with Crippen molar-refractivity contribution in [1.29, 1.82) is 0 Å². The van der Waals surface area contributed by atoms with Gasteiger partial charge < -0.3 is 19.6 Å². The Bertz CT molecular complexity index is 680. The Labute approximate surface area is 119 Å². The van der Waals surface area contributed by atoms with E-state index in [-0.39, 0.29) is 12.1 Å². The Morgan fingerprint density at radius 3 is 2.81 bits per heavy atom. The van der Waals surface area contributed by atoms with E-state index in [9.17, 15) is 14.0 Å². The van der Waals surface area contributed by atoms with Gasteiger partial charge in [0.15, 0.2) is 0 Å². The molecule has 2 rings (SSSR count). The molecule has 0 spiro atoms. The molecular weight excluding hydrogens is 281 g/mol. The summed E-state index contributed by atoms with van der Waals surface area (Å²) in [5.74, 6) is -2.21. The number of benzene rings is 1. The maximum atomic E-state index is 13.2. The van der Waals surface area contributed by atoms with Crippen molar-refractivity contribution in [3.8, 4) is 0 Å². The van der Waals surface area contributed by atoms with Crippen LogP contribution in [0.1, 0.15) is 26.5 Å². The second kappa shape index (κ2) is 6.08. The lowest BCUT2D eigenvalue weighted by molar-refractivity contribution is 0.0599. The Balaban J connectivity index is 2.06. The van der Waals surface area contributed by atoms with E-state index in [0.29, 0.717) is 11.4 Å². The van der Waals surface area contributed by atoms with Crippen molar-refractivity contribution >= 4 is 17.6 Å². The van der Waals surface area contributed by atoms with Gasteiger partial charge in [-0.25, -0.2) is 14.0 Å². The summed E-state index contributed by atoms with van der Waals surface area (Å²) < 4.78 is 22.9. The van der Waals surface area contributed by atoms with Gasteiger partial charge in [0.2, 0.25) is 0 Å². The number of methoxy groups -OCH3 is 1. The van der Waals surface area contributed by atoms with Crippen LogP contribution in [0.4, 0.5) is 10.1 Å². The minimum Gasteiger partial charge on any atom is -0.478 e. The smallest absolute Gasteiger partial charge is 0.341 e. The highest BCUT2D eigenvalue weighted by Crippen LogP contribution is 2.17. The van der Waals surface area contributed by atoms with Crippen molar-refractivity contribution in [3.63, 3.8) is 0 Å². The molecule has 0 aliphatic heterocycles. The number of rotatable bonds is 5. The summed E-state index contributed by atoms with van der Waals surface area (Å²) in [5, 5.41) is 11.7. The third-order valence-electron chi connectivity index (χ3n) is 2.74. The van der Waals surface area contributed by atoms with Crippen LogP contribution >= 0.6 is 0 Å². The van der Waals surface area contributed by atoms with Crippen molar-refractivity contribution in [1.82, 2.24) is 0 Å². The number of aromatic carboxylic acids is 1. The molecule has 0 saturated heterocycles. The minimum absolute atomic E-state index is 0.210. The average molecular weight is 293 g/mol. The first-order valence-electron chi connectivity index (χ1n) is 5.93. The topological polar surface area (TPSA) is 88.8 Å². The molecule has 7 heteroatoms. The van der Waals surface area contributed by atoms with Gasteiger partial charge >= 0.3 is 11.9 Å². The molecule has 1 heterocycles. The van der Waals surface area contributed by atoms with Gasteiger partial charge in [0.25, 0.3) is 0 Å². The van der Waals surface area contributed by atoms with Crippen LogP contribution < -0.4 is 5.32 Å². The number of carboxylic acids is 1. The molecule has 2 N–H and O–H groups in total. The molecule has 0 fully saturated rings. The second-order valence-electron chi connectivity index (χ2n) is 4.15. The molecule has 1 aromatic heterocycles. The molecule has 0 unspecified atom stereocenters. The minimum atomic E-state index is -1.35. The molecule has 2 aromatic rings. The van der Waals surface area contributed by atoms with E-state index in [0.717, 1.165) is 6.07 Å². The van der Waals surface area contributed by atoms with Gasteiger partial charge in [-0.3, -0.25) is 0 Å². The van der Waals surface area contributed by atoms with Gasteiger partial charge in [0, 0.05) is 5.69 Å². The van der Waals surface area contributed by atoms with Crippen LogP contribution in [-0.2, 0) is 11.3 Å². The Morgan fingerprint density at radius 2 is 2.14 bits per heavy atom. The predicted molar refractivity (Wildman–Crippen MR) is 70.7 cm³/mol. The Hall–Kier alpha value is -2.83. The van der Waals surface area contributed by atoms with Gasteiger partial charge in [-0.05, 0) is 24.3 Å². The number of ether oxygens (including phenoxy) is 1. The molecule has 0 bridgehead atoms. The van der Waals surface area contributed by atoms with E-state index >= 15 is 0 Å². The number of halogens is 1. The first-order chi connectivity index (χ1) is 10.0. The lowest BCUT2D eigenvalue weighted by Crippen LogP contribution is -2.04. The van der Waals surface area contributed by atoms with Crippen molar-refractivity contribution in [2.75, 3.05) is 12.4 Å². The number of hydrogen-bond donors (Lipinski definition) is 2. The van der Waals surface area contributed by atoms with E-state index in [1.54, 1.807) is 0 Å². The second-order valence-corrected chi connectivity index (χ2v) is 4.15. The lowest BCUT2D eigenvalue weighted by atomic mass is 10.2. The molecule has 0 atom stereocenters. The molecule has 0 radical (unpaired) electrons. The van der Waals surface area contributed by atoms with E-state index in [4.69, 9.17) is 9.52 Å². The summed E-state index contributed by atoms with van der Waals surface area (Å²) in [6.45, 7) is 0.210. The summed E-state index contributed by atoms with van der Waals surface area (Å²) in [6, 6.07) is 5.15. The molecule has 0 amide bonds. The number of anilines is 1. The van der Waals surface area contributed by atoms with Crippen LogP contribution in [0.15, 0.2) is 34.9 Å². The fourth-order valence-electron chi connectivity index (χ4n) is 1.69. The van der Waals surface area contributed by atoms with E-state index in [1.165, 1.54) is 31.6 Å². The van der Waals surface area contributed by atoms with E-state index in [2.05, 4.69) is 10.1 Å². The highest BCUT2D eigenvalue weighted by molar-refractivity contribution is 5.89. The maximum absolute atomic E-state index is 13.2. The number of carbonyl (C=O) groups excluding carboxylic acids is 1. The third kappa shape index (κ3) is 3.38. The summed E-state index contributed by atoms with van der Waals surface area (Å²) in [5.41, 5.74) is 0.277. The van der Waals surface area contributed by atoms with Crippen LogP contribution in [0, 0.1) is 5.82 Å². The maximum Gasteiger partial charge on any atom is 0.341 e. The van der Waals surface area contributed by atoms with Crippen molar-refractivity contribution in [2.24, 2.45) is 0 Å². The zero-order valence-electron chi connectivity index (χ0n) is 11.1. The van der Waals surface area contributed by atoms with Crippen LogP contribution in [0.25, 0.3) is 0 Å². The largest absolute Gasteiger partial charge is 0.478 e. The molecule has 1 aromatic carbocycles. The molecule has 21 heavy (non-hydrogen) atoms. The molecule has 110 valence electrons. The molecule has 6 nitrogen and oxygen atoms in total. The summed E-state index contributed by atoms with van der Waals surface area (Å²) in [4.78, 5) is 22.1. The van der Waals surface area contributed by atoms with Gasteiger partial charge in [-0.15, -0.1) is 0 Å². The van der Waals surface area contributed by atoms with Crippen LogP contribution in [-0.4, -0.2) is 24.2 Å². The van der Waals surface area contributed by atoms with Gasteiger partial charge in [0.05, 0.1) is 24.8 Å². The monoisotopic (exact) mass is 293 g/mol. The van der Waals surface area contributed by atoms with Crippen molar-refractivity contribution < 1.29 is 28.2 Å². The molecule has 0 aliphatic rings.